The van der Waals surface area contributed by atoms with Gasteiger partial charge in [-0.1, -0.05) is 44.9 Å². The summed E-state index contributed by atoms with van der Waals surface area (Å²) in [4.78, 5) is 42.3. The highest BCUT2D eigenvalue weighted by Crippen LogP contribution is 2.23. The van der Waals surface area contributed by atoms with Crippen LogP contribution >= 0.6 is 0 Å². The number of benzene rings is 1. The Balaban J connectivity index is 2.35. The van der Waals surface area contributed by atoms with E-state index in [1.54, 1.807) is 20.6 Å². The summed E-state index contributed by atoms with van der Waals surface area (Å²) < 4.78 is 1.79. The van der Waals surface area contributed by atoms with Gasteiger partial charge in [0.1, 0.15) is 6.54 Å². The van der Waals surface area contributed by atoms with Crippen LogP contribution in [0.1, 0.15) is 63.7 Å². The normalized spacial score (nSPS) is 10.9. The zero-order valence-corrected chi connectivity index (χ0v) is 18.8. The molecule has 0 saturated heterocycles. The predicted octanol–water partition coefficient (Wildman–Crippen LogP) is 4.12. The number of nitrogens with zero attached hydrogens (tertiary/aromatic N) is 3. The molecule has 0 spiro atoms. The van der Waals surface area contributed by atoms with Gasteiger partial charge in [-0.2, -0.15) is 0 Å². The Labute approximate surface area is 179 Å². The first-order valence-electron chi connectivity index (χ1n) is 11.2. The molecule has 0 N–H and O–H groups in total. The summed E-state index contributed by atoms with van der Waals surface area (Å²) in [7, 11) is 0. The summed E-state index contributed by atoms with van der Waals surface area (Å²) in [5.74, 6) is -0.944. The van der Waals surface area contributed by atoms with Gasteiger partial charge in [0.25, 0.3) is 11.7 Å². The number of aromatic nitrogens is 1. The number of amides is 2. The third-order valence-electron chi connectivity index (χ3n) is 5.50. The zero-order valence-electron chi connectivity index (χ0n) is 18.8. The van der Waals surface area contributed by atoms with Crippen LogP contribution in [-0.4, -0.2) is 58.1 Å². The van der Waals surface area contributed by atoms with E-state index in [-0.39, 0.29) is 12.5 Å². The van der Waals surface area contributed by atoms with E-state index >= 15 is 0 Å². The van der Waals surface area contributed by atoms with Crippen molar-refractivity contribution in [3.05, 3.63) is 36.0 Å². The van der Waals surface area contributed by atoms with Crippen LogP contribution in [0.3, 0.4) is 0 Å². The van der Waals surface area contributed by atoms with Gasteiger partial charge in [0.15, 0.2) is 0 Å². The summed E-state index contributed by atoms with van der Waals surface area (Å²) in [6, 6.07) is 7.46. The summed E-state index contributed by atoms with van der Waals surface area (Å²) in [6.45, 7) is 10.7. The Bertz CT molecular complexity index is 860. The van der Waals surface area contributed by atoms with Gasteiger partial charge < -0.3 is 14.4 Å². The number of fused-ring (bicyclic) bond motifs is 1. The molecule has 164 valence electrons. The Morgan fingerprint density at radius 2 is 1.47 bits per heavy atom. The van der Waals surface area contributed by atoms with Crippen LogP contribution in [0.25, 0.3) is 10.9 Å². The first kappa shape index (κ1) is 23.6. The number of Topliss-reactive ketones (excluding diaryl/α,β-unsaturated/α-hetero) is 1. The van der Waals surface area contributed by atoms with Gasteiger partial charge in [-0.3, -0.25) is 14.4 Å². The lowest BCUT2D eigenvalue weighted by atomic mass is 10.1. The number of rotatable bonds is 12. The van der Waals surface area contributed by atoms with Gasteiger partial charge in [0.05, 0.1) is 5.56 Å². The summed E-state index contributed by atoms with van der Waals surface area (Å²) in [5.41, 5.74) is 1.17. The lowest BCUT2D eigenvalue weighted by Gasteiger charge is -2.21. The quantitative estimate of drug-likeness (QED) is 0.388. The first-order chi connectivity index (χ1) is 14.5. The van der Waals surface area contributed by atoms with Crippen molar-refractivity contribution in [1.82, 2.24) is 14.4 Å². The average molecular weight is 414 g/mol. The average Bonchev–Trinajstić information content (AvgIpc) is 3.12. The van der Waals surface area contributed by atoms with Gasteiger partial charge in [-0.05, 0) is 32.8 Å². The van der Waals surface area contributed by atoms with Gasteiger partial charge in [-0.15, -0.1) is 0 Å². The Kier molecular flexibility index (Phi) is 9.09. The second-order valence-electron chi connectivity index (χ2n) is 7.58. The fourth-order valence-electron chi connectivity index (χ4n) is 3.65. The minimum atomic E-state index is -0.493. The Morgan fingerprint density at radius 3 is 2.03 bits per heavy atom. The molecule has 1 aromatic heterocycles. The van der Waals surface area contributed by atoms with Crippen LogP contribution in [0.2, 0.25) is 0 Å². The molecule has 0 bridgehead atoms. The van der Waals surface area contributed by atoms with Crippen LogP contribution in [-0.2, 0) is 16.1 Å². The first-order valence-corrected chi connectivity index (χ1v) is 11.2. The highest BCUT2D eigenvalue weighted by atomic mass is 16.2. The molecule has 2 aromatic rings. The molecule has 1 heterocycles. The molecule has 0 unspecified atom stereocenters. The van der Waals surface area contributed by atoms with Crippen molar-refractivity contribution in [1.29, 1.82) is 0 Å². The molecular weight excluding hydrogens is 378 g/mol. The van der Waals surface area contributed by atoms with E-state index in [0.29, 0.717) is 37.1 Å². The molecule has 0 fully saturated rings. The van der Waals surface area contributed by atoms with E-state index in [4.69, 9.17) is 0 Å². The maximum absolute atomic E-state index is 13.2. The maximum atomic E-state index is 13.2. The molecule has 0 aliphatic heterocycles. The summed E-state index contributed by atoms with van der Waals surface area (Å²) >= 11 is 0. The zero-order chi connectivity index (χ0) is 22.1. The van der Waals surface area contributed by atoms with Crippen molar-refractivity contribution < 1.29 is 14.4 Å². The van der Waals surface area contributed by atoms with Crippen LogP contribution in [0, 0.1) is 0 Å². The third kappa shape index (κ3) is 5.49. The molecule has 0 aliphatic rings. The van der Waals surface area contributed by atoms with E-state index in [1.165, 1.54) is 0 Å². The van der Waals surface area contributed by atoms with Gasteiger partial charge in [-0.25, -0.2) is 0 Å². The standard InChI is InChI=1S/C24H35N3O3/c1-5-9-15-26(16-10-6-2)24(30)23(29)20-17-27(18-22(28)25(7-3)8-4)21-14-12-11-13-19(20)21/h11-14,17H,5-10,15-16,18H2,1-4H3. The number of hydrogen-bond acceptors (Lipinski definition) is 3. The molecule has 0 radical (unpaired) electrons. The van der Waals surface area contributed by atoms with Crippen molar-refractivity contribution in [2.24, 2.45) is 0 Å². The number of ketones is 1. The summed E-state index contributed by atoms with van der Waals surface area (Å²) in [5, 5.41) is 0.717. The van der Waals surface area contributed by atoms with Crippen molar-refractivity contribution in [3.63, 3.8) is 0 Å². The lowest BCUT2D eigenvalue weighted by molar-refractivity contribution is -0.131. The lowest BCUT2D eigenvalue weighted by Crippen LogP contribution is -2.38. The highest BCUT2D eigenvalue weighted by Gasteiger charge is 2.26. The van der Waals surface area contributed by atoms with Gasteiger partial charge >= 0.3 is 0 Å². The van der Waals surface area contributed by atoms with Crippen molar-refractivity contribution in [2.75, 3.05) is 26.2 Å². The van der Waals surface area contributed by atoms with E-state index in [1.807, 2.05) is 38.1 Å². The minimum Gasteiger partial charge on any atom is -0.342 e. The van der Waals surface area contributed by atoms with Crippen molar-refractivity contribution in [3.8, 4) is 0 Å². The number of carbonyl (C=O) groups is 3. The molecule has 2 rings (SSSR count). The fraction of sp³-hybridized carbons (Fsp3) is 0.542. The summed E-state index contributed by atoms with van der Waals surface area (Å²) in [6.07, 6.45) is 5.36. The van der Waals surface area contributed by atoms with Crippen LogP contribution < -0.4 is 0 Å². The van der Waals surface area contributed by atoms with E-state index in [2.05, 4.69) is 13.8 Å². The van der Waals surface area contributed by atoms with Crippen molar-refractivity contribution in [2.45, 2.75) is 59.9 Å². The molecule has 2 amide bonds. The topological polar surface area (TPSA) is 62.6 Å². The predicted molar refractivity (Wildman–Crippen MR) is 121 cm³/mol. The van der Waals surface area contributed by atoms with Crippen LogP contribution in [0.4, 0.5) is 0 Å². The number of unbranched alkanes of at least 4 members (excludes halogenated alkanes) is 2. The van der Waals surface area contributed by atoms with Gasteiger partial charge in [0.2, 0.25) is 5.91 Å². The molecule has 1 aromatic carbocycles. The number of hydrogen-bond donors (Lipinski definition) is 0. The fourth-order valence-corrected chi connectivity index (χ4v) is 3.65. The Hall–Kier alpha value is -2.63. The molecule has 0 aliphatic carbocycles. The van der Waals surface area contributed by atoms with Crippen LogP contribution in [0.5, 0.6) is 0 Å². The molecule has 6 nitrogen and oxygen atoms in total. The minimum absolute atomic E-state index is 0.00130. The van der Waals surface area contributed by atoms with Crippen LogP contribution in [0.15, 0.2) is 30.5 Å². The monoisotopic (exact) mass is 413 g/mol. The smallest absolute Gasteiger partial charge is 0.295 e. The molecule has 0 saturated carbocycles. The molecule has 30 heavy (non-hydrogen) atoms. The maximum Gasteiger partial charge on any atom is 0.295 e. The second kappa shape index (κ2) is 11.5. The van der Waals surface area contributed by atoms with E-state index < -0.39 is 11.7 Å². The number of carbonyl (C=O) groups excluding carboxylic acids is 3. The van der Waals surface area contributed by atoms with E-state index in [9.17, 15) is 14.4 Å². The Morgan fingerprint density at radius 1 is 0.867 bits per heavy atom. The largest absolute Gasteiger partial charge is 0.342 e. The highest BCUT2D eigenvalue weighted by molar-refractivity contribution is 6.44. The molecule has 0 atom stereocenters. The number of likely N-dealkylation sites (N-methyl/N-ethyl adjacent to an activating group) is 1. The second-order valence-corrected chi connectivity index (χ2v) is 7.58. The van der Waals surface area contributed by atoms with Crippen molar-refractivity contribution >= 4 is 28.5 Å². The third-order valence-corrected chi connectivity index (χ3v) is 5.50. The molecule has 6 heteroatoms. The van der Waals surface area contributed by atoms with E-state index in [0.717, 1.165) is 31.2 Å². The van der Waals surface area contributed by atoms with Gasteiger partial charge in [0, 0.05) is 43.3 Å². The molecular formula is C24H35N3O3. The number of para-hydroxylation sites is 1. The SMILES string of the molecule is CCCCN(CCCC)C(=O)C(=O)c1cn(CC(=O)N(CC)CC)c2ccccc12.